The number of ether oxygens (including phenoxy) is 1. The first-order chi connectivity index (χ1) is 13.9. The summed E-state index contributed by atoms with van der Waals surface area (Å²) in [5.74, 6) is 0.377. The minimum absolute atomic E-state index is 0.111. The van der Waals surface area contributed by atoms with E-state index in [1.165, 1.54) is 24.3 Å². The quantitative estimate of drug-likeness (QED) is 0.409. The predicted molar refractivity (Wildman–Crippen MR) is 117 cm³/mol. The van der Waals surface area contributed by atoms with E-state index >= 15 is 0 Å². The van der Waals surface area contributed by atoms with E-state index in [4.69, 9.17) is 4.74 Å². The Kier molecular flexibility index (Phi) is 6.24. The molecule has 0 fully saturated rings. The summed E-state index contributed by atoms with van der Waals surface area (Å²) in [6, 6.07) is 12.9. The van der Waals surface area contributed by atoms with Gasteiger partial charge in [0.05, 0.1) is 18.5 Å². The summed E-state index contributed by atoms with van der Waals surface area (Å²) in [5, 5.41) is 2.40. The van der Waals surface area contributed by atoms with Crippen molar-refractivity contribution >= 4 is 39.9 Å². The second-order valence-corrected chi connectivity index (χ2v) is 7.42. The second kappa shape index (κ2) is 8.84. The average Bonchev–Trinajstić information content (AvgIpc) is 3.17. The second-order valence-electron chi connectivity index (χ2n) is 6.58. The van der Waals surface area contributed by atoms with E-state index in [2.05, 4.69) is 4.98 Å². The van der Waals surface area contributed by atoms with Gasteiger partial charge in [-0.1, -0.05) is 30.3 Å². The van der Waals surface area contributed by atoms with E-state index in [0.29, 0.717) is 22.1 Å². The van der Waals surface area contributed by atoms with E-state index in [-0.39, 0.29) is 11.7 Å². The summed E-state index contributed by atoms with van der Waals surface area (Å²) in [5.41, 5.74) is 4.01. The minimum Gasteiger partial charge on any atom is -0.497 e. The van der Waals surface area contributed by atoms with Gasteiger partial charge in [0.2, 0.25) is 5.91 Å². The molecule has 1 amide bonds. The number of amides is 1. The zero-order valence-corrected chi connectivity index (χ0v) is 17.6. The predicted octanol–water partition coefficient (Wildman–Crippen LogP) is 5.35. The summed E-state index contributed by atoms with van der Waals surface area (Å²) in [7, 11) is 1.56. The van der Waals surface area contributed by atoms with Crippen LogP contribution in [0.25, 0.3) is 6.08 Å². The molecule has 5 nitrogen and oxygen atoms in total. The zero-order chi connectivity index (χ0) is 21.0. The number of allylic oxidation sites excluding steroid dienone is 1. The van der Waals surface area contributed by atoms with Crippen LogP contribution in [-0.2, 0) is 4.79 Å². The standard InChI is InChI=1S/C23H22N2O3S/c1-15-7-5-8-16(2)22(15)25(17(3)26)23-24-19(14-29-23)11-12-21(27)18-9-6-10-20(13-18)28-4/h5-14H,1-4H3/b12-11+. The molecule has 1 aromatic heterocycles. The molecule has 0 bridgehead atoms. The molecule has 0 aliphatic carbocycles. The third kappa shape index (κ3) is 4.60. The number of thiazole rings is 1. The molecule has 3 rings (SSSR count). The van der Waals surface area contributed by atoms with Crippen LogP contribution in [0.1, 0.15) is 34.1 Å². The number of benzene rings is 2. The third-order valence-corrected chi connectivity index (χ3v) is 5.28. The van der Waals surface area contributed by atoms with Crippen molar-refractivity contribution < 1.29 is 14.3 Å². The third-order valence-electron chi connectivity index (χ3n) is 4.44. The Hall–Kier alpha value is -3.25. The van der Waals surface area contributed by atoms with Crippen molar-refractivity contribution in [3.8, 4) is 5.75 Å². The Morgan fingerprint density at radius 2 is 1.79 bits per heavy atom. The Balaban J connectivity index is 1.86. The smallest absolute Gasteiger partial charge is 0.230 e. The van der Waals surface area contributed by atoms with Crippen molar-refractivity contribution in [1.29, 1.82) is 0 Å². The van der Waals surface area contributed by atoms with Crippen LogP contribution in [0.5, 0.6) is 5.75 Å². The normalized spacial score (nSPS) is 10.9. The Morgan fingerprint density at radius 1 is 1.10 bits per heavy atom. The lowest BCUT2D eigenvalue weighted by Crippen LogP contribution is -2.24. The van der Waals surface area contributed by atoms with Gasteiger partial charge in [-0.15, -0.1) is 11.3 Å². The first-order valence-electron chi connectivity index (χ1n) is 9.09. The summed E-state index contributed by atoms with van der Waals surface area (Å²) in [6.45, 7) is 5.47. The van der Waals surface area contributed by atoms with Gasteiger partial charge in [-0.2, -0.15) is 0 Å². The van der Waals surface area contributed by atoms with Crippen molar-refractivity contribution in [3.63, 3.8) is 0 Å². The number of carbonyl (C=O) groups is 2. The molecule has 0 atom stereocenters. The minimum atomic E-state index is -0.142. The fourth-order valence-corrected chi connectivity index (χ4v) is 3.88. The van der Waals surface area contributed by atoms with E-state index in [9.17, 15) is 9.59 Å². The van der Waals surface area contributed by atoms with Crippen LogP contribution in [0.2, 0.25) is 0 Å². The molecule has 6 heteroatoms. The number of aryl methyl sites for hydroxylation is 2. The Morgan fingerprint density at radius 3 is 2.45 bits per heavy atom. The lowest BCUT2D eigenvalue weighted by molar-refractivity contribution is -0.115. The largest absolute Gasteiger partial charge is 0.497 e. The van der Waals surface area contributed by atoms with E-state index in [0.717, 1.165) is 16.8 Å². The summed E-state index contributed by atoms with van der Waals surface area (Å²) >= 11 is 1.36. The fourth-order valence-electron chi connectivity index (χ4n) is 3.04. The van der Waals surface area contributed by atoms with Crippen molar-refractivity contribution in [3.05, 3.63) is 76.3 Å². The average molecular weight is 407 g/mol. The van der Waals surface area contributed by atoms with Crippen molar-refractivity contribution in [2.24, 2.45) is 0 Å². The number of hydrogen-bond donors (Lipinski definition) is 0. The number of ketones is 1. The highest BCUT2D eigenvalue weighted by molar-refractivity contribution is 7.14. The van der Waals surface area contributed by atoms with Crippen LogP contribution >= 0.6 is 11.3 Å². The van der Waals surface area contributed by atoms with E-state index < -0.39 is 0 Å². The molecule has 148 valence electrons. The topological polar surface area (TPSA) is 59.5 Å². The van der Waals surface area contributed by atoms with Crippen molar-refractivity contribution in [2.75, 3.05) is 12.0 Å². The van der Waals surface area contributed by atoms with E-state index in [1.807, 2.05) is 37.4 Å². The van der Waals surface area contributed by atoms with Crippen molar-refractivity contribution in [2.45, 2.75) is 20.8 Å². The maximum absolute atomic E-state index is 12.4. The number of para-hydroxylation sites is 1. The molecule has 3 aromatic rings. The molecule has 0 spiro atoms. The fraction of sp³-hybridized carbons (Fsp3) is 0.174. The molecule has 0 aliphatic heterocycles. The number of hydrogen-bond acceptors (Lipinski definition) is 5. The molecule has 0 saturated carbocycles. The lowest BCUT2D eigenvalue weighted by Gasteiger charge is -2.22. The first kappa shape index (κ1) is 20.5. The van der Waals surface area contributed by atoms with Gasteiger partial charge in [0.25, 0.3) is 0 Å². The number of carbonyl (C=O) groups excluding carboxylic acids is 2. The molecule has 0 unspecified atom stereocenters. The molecule has 29 heavy (non-hydrogen) atoms. The van der Waals surface area contributed by atoms with Gasteiger partial charge < -0.3 is 4.74 Å². The van der Waals surface area contributed by atoms with Gasteiger partial charge in [0.1, 0.15) is 5.75 Å². The van der Waals surface area contributed by atoms with Gasteiger partial charge >= 0.3 is 0 Å². The number of rotatable bonds is 6. The molecule has 0 radical (unpaired) electrons. The first-order valence-corrected chi connectivity index (χ1v) is 9.97. The lowest BCUT2D eigenvalue weighted by atomic mass is 10.1. The molecule has 0 saturated heterocycles. The van der Waals surface area contributed by atoms with Gasteiger partial charge in [-0.05, 0) is 49.3 Å². The van der Waals surface area contributed by atoms with Crippen LogP contribution in [-0.4, -0.2) is 23.8 Å². The van der Waals surface area contributed by atoms with Gasteiger partial charge in [0.15, 0.2) is 10.9 Å². The molecule has 2 aromatic carbocycles. The van der Waals surface area contributed by atoms with Crippen LogP contribution in [0.15, 0.2) is 53.9 Å². The maximum atomic E-state index is 12.4. The summed E-state index contributed by atoms with van der Waals surface area (Å²) < 4.78 is 5.16. The summed E-state index contributed by atoms with van der Waals surface area (Å²) in [6.07, 6.45) is 3.13. The summed E-state index contributed by atoms with van der Waals surface area (Å²) in [4.78, 5) is 31.0. The number of aromatic nitrogens is 1. The Bertz CT molecular complexity index is 1060. The van der Waals surface area contributed by atoms with Crippen LogP contribution in [0.4, 0.5) is 10.8 Å². The Labute approximate surface area is 174 Å². The van der Waals surface area contributed by atoms with Crippen LogP contribution in [0, 0.1) is 13.8 Å². The van der Waals surface area contributed by atoms with E-state index in [1.54, 1.807) is 42.4 Å². The number of methoxy groups -OCH3 is 1. The highest BCUT2D eigenvalue weighted by atomic mass is 32.1. The number of nitrogens with zero attached hydrogens (tertiary/aromatic N) is 2. The zero-order valence-electron chi connectivity index (χ0n) is 16.8. The molecular weight excluding hydrogens is 384 g/mol. The molecule has 1 heterocycles. The number of anilines is 2. The van der Waals surface area contributed by atoms with Crippen molar-refractivity contribution in [1.82, 2.24) is 4.98 Å². The molecular formula is C23H22N2O3S. The molecule has 0 N–H and O–H groups in total. The highest BCUT2D eigenvalue weighted by Crippen LogP contribution is 2.33. The van der Waals surface area contributed by atoms with Crippen LogP contribution in [0.3, 0.4) is 0 Å². The van der Waals surface area contributed by atoms with Gasteiger partial charge in [0, 0.05) is 17.9 Å². The maximum Gasteiger partial charge on any atom is 0.230 e. The van der Waals surface area contributed by atoms with Gasteiger partial charge in [-0.25, -0.2) is 4.98 Å². The highest BCUT2D eigenvalue weighted by Gasteiger charge is 2.21. The van der Waals surface area contributed by atoms with Gasteiger partial charge in [-0.3, -0.25) is 14.5 Å². The monoisotopic (exact) mass is 406 g/mol. The molecule has 0 aliphatic rings. The SMILES string of the molecule is COc1cccc(C(=O)/C=C/c2csc(N(C(C)=O)c3c(C)cccc3C)n2)c1. The van der Waals surface area contributed by atoms with Crippen LogP contribution < -0.4 is 9.64 Å².